The van der Waals surface area contributed by atoms with Gasteiger partial charge in [-0.3, -0.25) is 0 Å². The van der Waals surface area contributed by atoms with E-state index in [4.69, 9.17) is 16.3 Å². The summed E-state index contributed by atoms with van der Waals surface area (Å²) in [5, 5.41) is 12.8. The standard InChI is InChI=1S/C26H24ClNO3/c27-20-13-12-18(19(15-20)16-29)7-5-6-14-28-26(30)31-17-25-23-10-3-1-8-21(23)22-9-2-4-11-24(22)25/h1-5,7-13,15,25,29H,6,14,16-17H2,(H,28,30). The van der Waals surface area contributed by atoms with E-state index in [-0.39, 0.29) is 12.5 Å². The number of fused-ring (bicyclic) bond motifs is 3. The zero-order valence-corrected chi connectivity index (χ0v) is 17.8. The number of nitrogens with one attached hydrogen (secondary N) is 1. The highest BCUT2D eigenvalue weighted by Crippen LogP contribution is 2.44. The Morgan fingerprint density at radius 1 is 1.03 bits per heavy atom. The fourth-order valence-electron chi connectivity index (χ4n) is 3.99. The average Bonchev–Trinajstić information content (AvgIpc) is 3.12. The Kier molecular flexibility index (Phi) is 6.70. The molecule has 1 aliphatic rings. The Morgan fingerprint density at radius 2 is 1.71 bits per heavy atom. The molecule has 1 aliphatic carbocycles. The molecule has 0 spiro atoms. The monoisotopic (exact) mass is 433 g/mol. The zero-order chi connectivity index (χ0) is 21.6. The zero-order valence-electron chi connectivity index (χ0n) is 17.1. The molecular formula is C26H24ClNO3. The van der Waals surface area contributed by atoms with Crippen LogP contribution >= 0.6 is 11.6 Å². The summed E-state index contributed by atoms with van der Waals surface area (Å²) in [7, 11) is 0. The molecule has 0 aromatic heterocycles. The number of carbonyl (C=O) groups excluding carboxylic acids is 1. The van der Waals surface area contributed by atoms with E-state index in [1.54, 1.807) is 12.1 Å². The number of hydrogen-bond acceptors (Lipinski definition) is 3. The van der Waals surface area contributed by atoms with Gasteiger partial charge in [-0.2, -0.15) is 0 Å². The van der Waals surface area contributed by atoms with Crippen molar-refractivity contribution in [1.82, 2.24) is 5.32 Å². The third-order valence-corrected chi connectivity index (χ3v) is 5.73. The number of benzene rings is 3. The van der Waals surface area contributed by atoms with Crippen molar-refractivity contribution >= 4 is 23.8 Å². The van der Waals surface area contributed by atoms with Crippen molar-refractivity contribution < 1.29 is 14.6 Å². The quantitative estimate of drug-likeness (QED) is 0.465. The minimum atomic E-state index is -0.419. The maximum Gasteiger partial charge on any atom is 0.407 e. The summed E-state index contributed by atoms with van der Waals surface area (Å²) in [4.78, 5) is 12.2. The first-order valence-electron chi connectivity index (χ1n) is 10.3. The normalized spacial score (nSPS) is 12.6. The first-order valence-corrected chi connectivity index (χ1v) is 10.7. The van der Waals surface area contributed by atoms with Gasteiger partial charge in [-0.25, -0.2) is 4.79 Å². The lowest BCUT2D eigenvalue weighted by Crippen LogP contribution is -2.26. The summed E-state index contributed by atoms with van der Waals surface area (Å²) in [6, 6.07) is 21.9. The van der Waals surface area contributed by atoms with Crippen molar-refractivity contribution in [2.45, 2.75) is 18.9 Å². The molecule has 4 rings (SSSR count). The van der Waals surface area contributed by atoms with Crippen LogP contribution in [0.15, 0.2) is 72.8 Å². The Hall–Kier alpha value is -3.08. The van der Waals surface area contributed by atoms with Gasteiger partial charge in [0.1, 0.15) is 6.61 Å². The van der Waals surface area contributed by atoms with Gasteiger partial charge < -0.3 is 15.2 Å². The van der Waals surface area contributed by atoms with Gasteiger partial charge in [0.25, 0.3) is 0 Å². The van der Waals surface area contributed by atoms with Crippen LogP contribution < -0.4 is 5.32 Å². The molecular weight excluding hydrogens is 410 g/mol. The van der Waals surface area contributed by atoms with Crippen LogP contribution in [0.3, 0.4) is 0 Å². The summed E-state index contributed by atoms with van der Waals surface area (Å²) in [6.45, 7) is 0.702. The Bertz CT molecular complexity index is 1060. The van der Waals surface area contributed by atoms with Gasteiger partial charge in [0.2, 0.25) is 0 Å². The summed E-state index contributed by atoms with van der Waals surface area (Å²) in [5.41, 5.74) is 6.49. The second kappa shape index (κ2) is 9.82. The first kappa shape index (κ1) is 21.2. The molecule has 3 aromatic rings. The van der Waals surface area contributed by atoms with Crippen molar-refractivity contribution in [3.05, 3.63) is 100 Å². The highest BCUT2D eigenvalue weighted by Gasteiger charge is 2.28. The second-order valence-electron chi connectivity index (χ2n) is 7.44. The largest absolute Gasteiger partial charge is 0.449 e. The number of ether oxygens (including phenoxy) is 1. The maximum absolute atomic E-state index is 12.2. The van der Waals surface area contributed by atoms with Gasteiger partial charge in [-0.05, 0) is 51.9 Å². The molecule has 0 heterocycles. The van der Waals surface area contributed by atoms with E-state index in [1.807, 2.05) is 42.5 Å². The molecule has 0 bridgehead atoms. The predicted octanol–water partition coefficient (Wildman–Crippen LogP) is 5.77. The summed E-state index contributed by atoms with van der Waals surface area (Å²) >= 11 is 5.95. The van der Waals surface area contributed by atoms with Crippen LogP contribution in [0.1, 0.15) is 34.6 Å². The fourth-order valence-corrected chi connectivity index (χ4v) is 4.19. The van der Waals surface area contributed by atoms with Crippen LogP contribution in [0, 0.1) is 0 Å². The molecule has 0 fully saturated rings. The van der Waals surface area contributed by atoms with E-state index in [9.17, 15) is 9.90 Å². The van der Waals surface area contributed by atoms with Gasteiger partial charge in [0.15, 0.2) is 0 Å². The number of aliphatic hydroxyl groups excluding tert-OH is 1. The van der Waals surface area contributed by atoms with Crippen LogP contribution in [-0.4, -0.2) is 24.4 Å². The molecule has 3 aromatic carbocycles. The molecule has 0 aliphatic heterocycles. The third-order valence-electron chi connectivity index (χ3n) is 5.50. The molecule has 4 nitrogen and oxygen atoms in total. The molecule has 31 heavy (non-hydrogen) atoms. The van der Waals surface area contributed by atoms with Gasteiger partial charge in [0.05, 0.1) is 6.61 Å². The Balaban J connectivity index is 1.28. The SMILES string of the molecule is O=C(NCCC=Cc1ccc(Cl)cc1CO)OCC1c2ccccc2-c2ccccc21. The minimum absolute atomic E-state index is 0.0554. The number of carbonyl (C=O) groups is 1. The van der Waals surface area contributed by atoms with Crippen molar-refractivity contribution in [3.8, 4) is 11.1 Å². The van der Waals surface area contributed by atoms with Gasteiger partial charge >= 0.3 is 6.09 Å². The van der Waals surface area contributed by atoms with Crippen LogP contribution in [0.25, 0.3) is 17.2 Å². The number of amides is 1. The minimum Gasteiger partial charge on any atom is -0.449 e. The second-order valence-corrected chi connectivity index (χ2v) is 7.88. The van der Waals surface area contributed by atoms with Gasteiger partial charge in [-0.1, -0.05) is 78.4 Å². The van der Waals surface area contributed by atoms with E-state index in [0.29, 0.717) is 24.6 Å². The van der Waals surface area contributed by atoms with Crippen LogP contribution in [0.5, 0.6) is 0 Å². The molecule has 5 heteroatoms. The van der Waals surface area contributed by atoms with E-state index in [1.165, 1.54) is 22.3 Å². The number of alkyl carbamates (subject to hydrolysis) is 1. The lowest BCUT2D eigenvalue weighted by Gasteiger charge is -2.14. The van der Waals surface area contributed by atoms with Crippen LogP contribution in [-0.2, 0) is 11.3 Å². The van der Waals surface area contributed by atoms with Crippen LogP contribution in [0.4, 0.5) is 4.79 Å². The van der Waals surface area contributed by atoms with E-state index in [2.05, 4.69) is 29.6 Å². The molecule has 1 amide bonds. The van der Waals surface area contributed by atoms with E-state index >= 15 is 0 Å². The average molecular weight is 434 g/mol. The smallest absolute Gasteiger partial charge is 0.407 e. The fraction of sp³-hybridized carbons (Fsp3) is 0.192. The number of halogens is 1. The van der Waals surface area contributed by atoms with Crippen molar-refractivity contribution in [2.75, 3.05) is 13.2 Å². The Morgan fingerprint density at radius 3 is 2.39 bits per heavy atom. The lowest BCUT2D eigenvalue weighted by atomic mass is 9.98. The summed E-state index contributed by atoms with van der Waals surface area (Å²) < 4.78 is 5.53. The molecule has 2 N–H and O–H groups in total. The molecule has 0 radical (unpaired) electrons. The molecule has 158 valence electrons. The van der Waals surface area contributed by atoms with Gasteiger partial charge in [0, 0.05) is 17.5 Å². The van der Waals surface area contributed by atoms with Crippen molar-refractivity contribution in [1.29, 1.82) is 0 Å². The first-order chi connectivity index (χ1) is 15.2. The number of aliphatic hydroxyl groups is 1. The number of hydrogen-bond donors (Lipinski definition) is 2. The van der Waals surface area contributed by atoms with E-state index < -0.39 is 6.09 Å². The molecule has 0 saturated carbocycles. The van der Waals surface area contributed by atoms with Gasteiger partial charge in [-0.15, -0.1) is 0 Å². The predicted molar refractivity (Wildman–Crippen MR) is 124 cm³/mol. The highest BCUT2D eigenvalue weighted by molar-refractivity contribution is 6.30. The van der Waals surface area contributed by atoms with E-state index in [0.717, 1.165) is 11.1 Å². The third kappa shape index (κ3) is 4.82. The summed E-state index contributed by atoms with van der Waals surface area (Å²) in [6.07, 6.45) is 4.10. The number of rotatable bonds is 7. The van der Waals surface area contributed by atoms with Crippen molar-refractivity contribution in [3.63, 3.8) is 0 Å². The highest BCUT2D eigenvalue weighted by atomic mass is 35.5. The molecule has 0 atom stereocenters. The topological polar surface area (TPSA) is 58.6 Å². The van der Waals surface area contributed by atoms with Crippen LogP contribution in [0.2, 0.25) is 5.02 Å². The maximum atomic E-state index is 12.2. The molecule has 0 saturated heterocycles. The lowest BCUT2D eigenvalue weighted by molar-refractivity contribution is 0.143. The Labute approximate surface area is 187 Å². The molecule has 0 unspecified atom stereocenters. The van der Waals surface area contributed by atoms with Crippen molar-refractivity contribution in [2.24, 2.45) is 0 Å². The summed E-state index contributed by atoms with van der Waals surface area (Å²) in [5.74, 6) is 0.0554.